The molecule has 0 unspecified atom stereocenters. The highest BCUT2D eigenvalue weighted by atomic mass is 19.3. The Morgan fingerprint density at radius 1 is 1.27 bits per heavy atom. The number of fused-ring (bicyclic) bond motifs is 1. The van der Waals surface area contributed by atoms with Gasteiger partial charge in [-0.2, -0.15) is 0 Å². The third-order valence-corrected chi connectivity index (χ3v) is 3.56. The molecule has 22 heavy (non-hydrogen) atoms. The number of aromatic nitrogens is 1. The van der Waals surface area contributed by atoms with Crippen LogP contribution >= 0.6 is 0 Å². The summed E-state index contributed by atoms with van der Waals surface area (Å²) in [5.74, 6) is -1.35. The fourth-order valence-corrected chi connectivity index (χ4v) is 2.43. The lowest BCUT2D eigenvalue weighted by molar-refractivity contribution is -0.286. The second kappa shape index (κ2) is 4.19. The lowest BCUT2D eigenvalue weighted by Gasteiger charge is -2.04. The van der Waals surface area contributed by atoms with E-state index in [0.29, 0.717) is 5.69 Å². The van der Waals surface area contributed by atoms with Crippen LogP contribution in [0.2, 0.25) is 0 Å². The molecule has 8 heteroatoms. The lowest BCUT2D eigenvalue weighted by Crippen LogP contribution is -2.25. The molecule has 0 spiro atoms. The third kappa shape index (κ3) is 1.99. The number of nitrogens with zero attached hydrogens (tertiary/aromatic N) is 1. The van der Waals surface area contributed by atoms with Crippen LogP contribution in [0, 0.1) is 0 Å². The van der Waals surface area contributed by atoms with Gasteiger partial charge in [0.15, 0.2) is 17.3 Å². The van der Waals surface area contributed by atoms with Crippen LogP contribution in [0.15, 0.2) is 22.7 Å². The first-order valence-corrected chi connectivity index (χ1v) is 6.58. The van der Waals surface area contributed by atoms with Crippen molar-refractivity contribution in [2.45, 2.75) is 25.1 Å². The fourth-order valence-electron chi connectivity index (χ4n) is 2.43. The molecule has 1 aromatic carbocycles. The van der Waals surface area contributed by atoms with Gasteiger partial charge < -0.3 is 19.1 Å². The van der Waals surface area contributed by atoms with E-state index in [1.807, 2.05) is 0 Å². The van der Waals surface area contributed by atoms with Crippen molar-refractivity contribution in [2.24, 2.45) is 0 Å². The highest BCUT2D eigenvalue weighted by molar-refractivity contribution is 5.96. The van der Waals surface area contributed by atoms with E-state index in [4.69, 9.17) is 4.52 Å². The maximum Gasteiger partial charge on any atom is 0.586 e. The van der Waals surface area contributed by atoms with E-state index < -0.39 is 12.3 Å². The van der Waals surface area contributed by atoms with E-state index >= 15 is 0 Å². The first kappa shape index (κ1) is 13.1. The molecule has 114 valence electrons. The molecule has 0 saturated heterocycles. The Morgan fingerprint density at radius 3 is 2.68 bits per heavy atom. The van der Waals surface area contributed by atoms with Crippen LogP contribution in [0.25, 0.3) is 11.3 Å². The summed E-state index contributed by atoms with van der Waals surface area (Å²) in [4.78, 5) is 11.5. The van der Waals surface area contributed by atoms with Crippen molar-refractivity contribution in [2.75, 3.05) is 0 Å². The number of ether oxygens (including phenoxy) is 2. The number of hydrogen-bond acceptors (Lipinski definition) is 5. The van der Waals surface area contributed by atoms with Crippen LogP contribution in [-0.4, -0.2) is 22.5 Å². The minimum Gasteiger partial charge on any atom is -0.477 e. The predicted octanol–water partition coefficient (Wildman–Crippen LogP) is 3.24. The van der Waals surface area contributed by atoms with Crippen molar-refractivity contribution in [3.05, 3.63) is 29.5 Å². The van der Waals surface area contributed by atoms with Gasteiger partial charge >= 0.3 is 12.3 Å². The topological polar surface area (TPSA) is 81.8 Å². The molecule has 0 atom stereocenters. The van der Waals surface area contributed by atoms with Gasteiger partial charge in [-0.25, -0.2) is 4.79 Å². The summed E-state index contributed by atoms with van der Waals surface area (Å²) < 4.78 is 39.8. The van der Waals surface area contributed by atoms with Crippen LogP contribution in [0.1, 0.15) is 34.8 Å². The van der Waals surface area contributed by atoms with Crippen molar-refractivity contribution in [3.63, 3.8) is 0 Å². The molecule has 0 amide bonds. The van der Waals surface area contributed by atoms with Gasteiger partial charge in [0, 0.05) is 11.5 Å². The maximum absolute atomic E-state index is 13.0. The largest absolute Gasteiger partial charge is 0.586 e. The third-order valence-electron chi connectivity index (χ3n) is 3.56. The molecular formula is C14H9F2NO5. The van der Waals surface area contributed by atoms with Gasteiger partial charge in [-0.05, 0) is 31.0 Å². The van der Waals surface area contributed by atoms with Crippen molar-refractivity contribution < 1.29 is 32.7 Å². The molecule has 0 radical (unpaired) electrons. The number of carboxylic acids is 1. The minimum absolute atomic E-state index is 0.0241. The van der Waals surface area contributed by atoms with Gasteiger partial charge in [0.1, 0.15) is 11.3 Å². The molecular weight excluding hydrogens is 300 g/mol. The molecule has 1 aliphatic heterocycles. The summed E-state index contributed by atoms with van der Waals surface area (Å²) >= 11 is 0. The molecule has 6 nitrogen and oxygen atoms in total. The Kier molecular flexibility index (Phi) is 2.48. The zero-order valence-corrected chi connectivity index (χ0v) is 11.0. The smallest absolute Gasteiger partial charge is 0.477 e. The van der Waals surface area contributed by atoms with Crippen LogP contribution in [0.5, 0.6) is 11.5 Å². The molecule has 2 aromatic rings. The molecule has 0 bridgehead atoms. The summed E-state index contributed by atoms with van der Waals surface area (Å²) in [6.07, 6.45) is -2.00. The van der Waals surface area contributed by atoms with Crippen LogP contribution < -0.4 is 9.47 Å². The Balaban J connectivity index is 1.79. The molecule has 1 saturated carbocycles. The van der Waals surface area contributed by atoms with E-state index in [0.717, 1.165) is 12.8 Å². The van der Waals surface area contributed by atoms with E-state index in [9.17, 15) is 18.7 Å². The molecule has 1 aromatic heterocycles. The van der Waals surface area contributed by atoms with Gasteiger partial charge in [0.2, 0.25) is 0 Å². The van der Waals surface area contributed by atoms with Crippen LogP contribution in [0.4, 0.5) is 8.78 Å². The Morgan fingerprint density at radius 2 is 2.00 bits per heavy atom. The van der Waals surface area contributed by atoms with Gasteiger partial charge in [-0.15, -0.1) is 8.78 Å². The second-order valence-electron chi connectivity index (χ2n) is 5.18. The Bertz CT molecular complexity index is 782. The summed E-state index contributed by atoms with van der Waals surface area (Å²) in [6.45, 7) is 0. The summed E-state index contributed by atoms with van der Waals surface area (Å²) in [6, 6.07) is 3.95. The van der Waals surface area contributed by atoms with E-state index in [-0.39, 0.29) is 34.3 Å². The van der Waals surface area contributed by atoms with E-state index in [2.05, 4.69) is 14.6 Å². The molecule has 4 rings (SSSR count). The number of halogens is 2. The summed E-state index contributed by atoms with van der Waals surface area (Å²) in [7, 11) is 0. The number of alkyl halides is 2. The quantitative estimate of drug-likeness (QED) is 0.937. The molecule has 1 aliphatic carbocycles. The number of carboxylic acid groups (broad SMARTS) is 1. The first-order chi connectivity index (χ1) is 10.4. The fraction of sp³-hybridized carbons (Fsp3) is 0.286. The van der Waals surface area contributed by atoms with Gasteiger partial charge in [0.05, 0.1) is 0 Å². The van der Waals surface area contributed by atoms with Gasteiger partial charge in [-0.1, -0.05) is 5.16 Å². The highest BCUT2D eigenvalue weighted by Gasteiger charge is 2.44. The van der Waals surface area contributed by atoms with E-state index in [1.54, 1.807) is 0 Å². The number of hydrogen-bond donors (Lipinski definition) is 1. The summed E-state index contributed by atoms with van der Waals surface area (Å²) in [5, 5.41) is 13.2. The van der Waals surface area contributed by atoms with E-state index in [1.165, 1.54) is 18.2 Å². The standard InChI is InChI=1S/C14H9F2NO5/c15-14(16)20-8-4-3-7(5-9(8)21-14)12-10(13(18)19)11(17-22-12)6-1-2-6/h3-6H,1-2H2,(H,18,19). The average molecular weight is 309 g/mol. The van der Waals surface area contributed by atoms with Crippen molar-refractivity contribution in [1.82, 2.24) is 5.16 Å². The van der Waals surface area contributed by atoms with Crippen LogP contribution in [0.3, 0.4) is 0 Å². The molecule has 1 fully saturated rings. The molecule has 2 aliphatic rings. The van der Waals surface area contributed by atoms with Crippen molar-refractivity contribution >= 4 is 5.97 Å². The predicted molar refractivity (Wildman–Crippen MR) is 67.1 cm³/mol. The average Bonchev–Trinajstić information content (AvgIpc) is 3.09. The number of rotatable bonds is 3. The zero-order chi connectivity index (χ0) is 15.5. The Labute approximate surface area is 122 Å². The zero-order valence-electron chi connectivity index (χ0n) is 11.0. The number of carbonyl (C=O) groups is 1. The highest BCUT2D eigenvalue weighted by Crippen LogP contribution is 2.46. The second-order valence-corrected chi connectivity index (χ2v) is 5.18. The summed E-state index contributed by atoms with van der Waals surface area (Å²) in [5.41, 5.74) is 0.649. The Hall–Kier alpha value is -2.64. The number of benzene rings is 1. The minimum atomic E-state index is -3.73. The van der Waals surface area contributed by atoms with Crippen molar-refractivity contribution in [1.29, 1.82) is 0 Å². The molecule has 2 heterocycles. The van der Waals surface area contributed by atoms with Gasteiger partial charge in [0.25, 0.3) is 0 Å². The van der Waals surface area contributed by atoms with Crippen LogP contribution in [-0.2, 0) is 0 Å². The van der Waals surface area contributed by atoms with Crippen molar-refractivity contribution in [3.8, 4) is 22.8 Å². The SMILES string of the molecule is O=C(O)c1c(C2CC2)noc1-c1ccc2c(c1)OC(F)(F)O2. The van der Waals surface area contributed by atoms with Gasteiger partial charge in [-0.3, -0.25) is 0 Å². The maximum atomic E-state index is 13.0. The lowest BCUT2D eigenvalue weighted by atomic mass is 10.0. The molecule has 1 N–H and O–H groups in total. The monoisotopic (exact) mass is 309 g/mol. The first-order valence-electron chi connectivity index (χ1n) is 6.58. The normalized spacial score (nSPS) is 18.5. The number of aromatic carboxylic acids is 1.